The highest BCUT2D eigenvalue weighted by atomic mass is 16.5. The van der Waals surface area contributed by atoms with Crippen molar-refractivity contribution in [1.29, 1.82) is 0 Å². The van der Waals surface area contributed by atoms with Gasteiger partial charge < -0.3 is 9.84 Å². The molecule has 0 atom stereocenters. The molecule has 0 unspecified atom stereocenters. The summed E-state index contributed by atoms with van der Waals surface area (Å²) < 4.78 is 5.73. The molecule has 0 saturated carbocycles. The number of carboxylic acid groups (broad SMARTS) is 1. The van der Waals surface area contributed by atoms with Gasteiger partial charge in [0, 0.05) is 0 Å². The van der Waals surface area contributed by atoms with Crippen LogP contribution in [-0.4, -0.2) is 23.5 Å². The quantitative estimate of drug-likeness (QED) is 0.881. The lowest BCUT2D eigenvalue weighted by molar-refractivity contribution is -0.136. The molecule has 1 amide bonds. The van der Waals surface area contributed by atoms with E-state index in [1.807, 2.05) is 44.2 Å². The summed E-state index contributed by atoms with van der Waals surface area (Å²) in [5.74, 6) is -0.955. The van der Waals surface area contributed by atoms with Crippen LogP contribution >= 0.6 is 0 Å². The van der Waals surface area contributed by atoms with E-state index in [2.05, 4.69) is 0 Å². The number of aryl methyl sites for hydroxylation is 2. The van der Waals surface area contributed by atoms with Crippen molar-refractivity contribution >= 4 is 23.6 Å². The van der Waals surface area contributed by atoms with Crippen LogP contribution in [0.2, 0.25) is 0 Å². The number of carbonyl (C=O) groups excluding carboxylic acids is 1. The summed E-state index contributed by atoms with van der Waals surface area (Å²) in [6.45, 7) is 3.42. The average molecular weight is 323 g/mol. The molecule has 0 aromatic heterocycles. The second-order valence-corrected chi connectivity index (χ2v) is 5.78. The van der Waals surface area contributed by atoms with Crippen molar-refractivity contribution in [3.63, 3.8) is 0 Å². The number of ether oxygens (including phenoxy) is 1. The number of hydrogen-bond acceptors (Lipinski definition) is 3. The van der Waals surface area contributed by atoms with Gasteiger partial charge in [0.2, 0.25) is 0 Å². The lowest BCUT2D eigenvalue weighted by Gasteiger charge is -2.29. The molecule has 2 aromatic carbocycles. The summed E-state index contributed by atoms with van der Waals surface area (Å²) >= 11 is 0. The molecule has 5 nitrogen and oxygen atoms in total. The van der Waals surface area contributed by atoms with Crippen molar-refractivity contribution < 1.29 is 19.4 Å². The van der Waals surface area contributed by atoms with Gasteiger partial charge in [0.25, 0.3) is 5.91 Å². The zero-order valence-electron chi connectivity index (χ0n) is 13.4. The van der Waals surface area contributed by atoms with Gasteiger partial charge >= 0.3 is 5.97 Å². The summed E-state index contributed by atoms with van der Waals surface area (Å²) in [7, 11) is 0. The maximum atomic E-state index is 12.7. The fourth-order valence-corrected chi connectivity index (χ4v) is 2.62. The predicted octanol–water partition coefficient (Wildman–Crippen LogP) is 3.15. The molecule has 0 aliphatic carbocycles. The molecule has 2 aromatic rings. The van der Waals surface area contributed by atoms with Crippen molar-refractivity contribution in [1.82, 2.24) is 0 Å². The molecule has 0 saturated heterocycles. The van der Waals surface area contributed by atoms with E-state index in [9.17, 15) is 9.59 Å². The zero-order valence-corrected chi connectivity index (χ0v) is 13.4. The number of rotatable bonds is 3. The molecule has 1 heterocycles. The Balaban J connectivity index is 2.06. The van der Waals surface area contributed by atoms with E-state index in [0.717, 1.165) is 16.7 Å². The standard InChI is InChI=1S/C19H17NO4/c1-12-4-3-5-14(8-12)10-17-19(23)20(11-18(21)22)15-9-13(2)6-7-16(15)24-17/h3-10H,11H2,1-2H3,(H,21,22)/b17-10+. The summed E-state index contributed by atoms with van der Waals surface area (Å²) in [5, 5.41) is 9.14. The molecule has 0 bridgehead atoms. The predicted molar refractivity (Wildman–Crippen MR) is 91.0 cm³/mol. The number of carboxylic acids is 1. The van der Waals surface area contributed by atoms with E-state index >= 15 is 0 Å². The van der Waals surface area contributed by atoms with Gasteiger partial charge in [0.05, 0.1) is 5.69 Å². The zero-order chi connectivity index (χ0) is 17.3. The fraction of sp³-hybridized carbons (Fsp3) is 0.158. The number of aliphatic carboxylic acids is 1. The van der Waals surface area contributed by atoms with Gasteiger partial charge in [-0.15, -0.1) is 0 Å². The van der Waals surface area contributed by atoms with Crippen LogP contribution < -0.4 is 9.64 Å². The maximum absolute atomic E-state index is 12.7. The van der Waals surface area contributed by atoms with Gasteiger partial charge in [0.15, 0.2) is 11.5 Å². The van der Waals surface area contributed by atoms with Crippen molar-refractivity contribution in [3.05, 3.63) is 64.9 Å². The maximum Gasteiger partial charge on any atom is 0.323 e. The fourth-order valence-electron chi connectivity index (χ4n) is 2.62. The van der Waals surface area contributed by atoms with Crippen LogP contribution in [0, 0.1) is 13.8 Å². The van der Waals surface area contributed by atoms with Crippen LogP contribution in [0.25, 0.3) is 6.08 Å². The number of anilines is 1. The molecule has 0 spiro atoms. The Hall–Kier alpha value is -3.08. The van der Waals surface area contributed by atoms with Crippen LogP contribution in [0.15, 0.2) is 48.2 Å². The molecule has 24 heavy (non-hydrogen) atoms. The van der Waals surface area contributed by atoms with E-state index in [4.69, 9.17) is 9.84 Å². The largest absolute Gasteiger partial charge is 0.480 e. The summed E-state index contributed by atoms with van der Waals surface area (Å²) in [5.41, 5.74) is 3.28. The SMILES string of the molecule is Cc1cccc(/C=C2/Oc3ccc(C)cc3N(CC(=O)O)C2=O)c1. The molecule has 5 heteroatoms. The van der Waals surface area contributed by atoms with Gasteiger partial charge in [-0.1, -0.05) is 35.9 Å². The Morgan fingerprint density at radius 1 is 1.17 bits per heavy atom. The number of benzene rings is 2. The molecule has 0 radical (unpaired) electrons. The summed E-state index contributed by atoms with van der Waals surface area (Å²) in [4.78, 5) is 25.1. The molecule has 1 N–H and O–H groups in total. The number of fused-ring (bicyclic) bond motifs is 1. The first-order chi connectivity index (χ1) is 11.4. The van der Waals surface area contributed by atoms with Gasteiger partial charge in [-0.2, -0.15) is 0 Å². The van der Waals surface area contributed by atoms with E-state index < -0.39 is 18.4 Å². The molecule has 1 aliphatic heterocycles. The Bertz CT molecular complexity index is 854. The minimum Gasteiger partial charge on any atom is -0.480 e. The number of nitrogens with zero attached hydrogens (tertiary/aromatic N) is 1. The molecular formula is C19H17NO4. The Morgan fingerprint density at radius 3 is 2.62 bits per heavy atom. The lowest BCUT2D eigenvalue weighted by Crippen LogP contribution is -2.40. The third-order valence-corrected chi connectivity index (χ3v) is 3.71. The van der Waals surface area contributed by atoms with Gasteiger partial charge in [-0.25, -0.2) is 0 Å². The lowest BCUT2D eigenvalue weighted by atomic mass is 10.1. The minimum atomic E-state index is -1.08. The Labute approximate surface area is 139 Å². The number of hydrogen-bond donors (Lipinski definition) is 1. The van der Waals surface area contributed by atoms with E-state index in [0.29, 0.717) is 11.4 Å². The average Bonchev–Trinajstić information content (AvgIpc) is 2.52. The number of carbonyl (C=O) groups is 2. The Morgan fingerprint density at radius 2 is 1.92 bits per heavy atom. The van der Waals surface area contributed by atoms with Gasteiger partial charge in [0.1, 0.15) is 6.54 Å². The molecule has 3 rings (SSSR count). The Kier molecular flexibility index (Phi) is 4.08. The van der Waals surface area contributed by atoms with E-state index in [1.165, 1.54) is 4.90 Å². The monoisotopic (exact) mass is 323 g/mol. The molecule has 1 aliphatic rings. The normalized spacial score (nSPS) is 15.2. The molecule has 0 fully saturated rings. The van der Waals surface area contributed by atoms with Gasteiger partial charge in [-0.3, -0.25) is 14.5 Å². The van der Waals surface area contributed by atoms with Crippen molar-refractivity contribution in [2.24, 2.45) is 0 Å². The van der Waals surface area contributed by atoms with E-state index in [-0.39, 0.29) is 5.76 Å². The topological polar surface area (TPSA) is 66.8 Å². The highest BCUT2D eigenvalue weighted by molar-refractivity contribution is 6.11. The van der Waals surface area contributed by atoms with Crippen LogP contribution in [0.3, 0.4) is 0 Å². The van der Waals surface area contributed by atoms with Crippen molar-refractivity contribution in [3.8, 4) is 5.75 Å². The van der Waals surface area contributed by atoms with E-state index in [1.54, 1.807) is 18.2 Å². The molecular weight excluding hydrogens is 306 g/mol. The third kappa shape index (κ3) is 3.15. The molecule has 122 valence electrons. The van der Waals surface area contributed by atoms with Crippen LogP contribution in [0.1, 0.15) is 16.7 Å². The summed E-state index contributed by atoms with van der Waals surface area (Å²) in [6, 6.07) is 13.0. The first-order valence-electron chi connectivity index (χ1n) is 7.54. The van der Waals surface area contributed by atoms with Gasteiger partial charge in [-0.05, 0) is 43.2 Å². The van der Waals surface area contributed by atoms with Crippen LogP contribution in [-0.2, 0) is 9.59 Å². The smallest absolute Gasteiger partial charge is 0.323 e. The second kappa shape index (κ2) is 6.20. The minimum absolute atomic E-state index is 0.109. The van der Waals surface area contributed by atoms with Crippen LogP contribution in [0.5, 0.6) is 5.75 Å². The highest BCUT2D eigenvalue weighted by Gasteiger charge is 2.31. The first kappa shape index (κ1) is 15.8. The highest BCUT2D eigenvalue weighted by Crippen LogP contribution is 2.36. The second-order valence-electron chi connectivity index (χ2n) is 5.78. The number of amides is 1. The summed E-state index contributed by atoms with van der Waals surface area (Å²) in [6.07, 6.45) is 1.63. The van der Waals surface area contributed by atoms with Crippen molar-refractivity contribution in [2.45, 2.75) is 13.8 Å². The van der Waals surface area contributed by atoms with Crippen LogP contribution in [0.4, 0.5) is 5.69 Å². The first-order valence-corrected chi connectivity index (χ1v) is 7.54. The van der Waals surface area contributed by atoms with Crippen molar-refractivity contribution in [2.75, 3.05) is 11.4 Å². The third-order valence-electron chi connectivity index (χ3n) is 3.71.